The molecule has 1 aliphatic carbocycles. The van der Waals surface area contributed by atoms with Gasteiger partial charge in [-0.25, -0.2) is 0 Å². The van der Waals surface area contributed by atoms with Crippen LogP contribution in [0.25, 0.3) is 0 Å². The molecule has 0 aromatic carbocycles. The average molecular weight is 224 g/mol. The number of hydrogen-bond donors (Lipinski definition) is 0. The minimum Gasteiger partial charge on any atom is -0.0654 e. The van der Waals surface area contributed by atoms with E-state index in [9.17, 15) is 0 Å². The van der Waals surface area contributed by atoms with Crippen molar-refractivity contribution < 1.29 is 0 Å². The Labute approximate surface area is 103 Å². The molecule has 0 saturated heterocycles. The van der Waals surface area contributed by atoms with Gasteiger partial charge in [0.05, 0.1) is 0 Å². The summed E-state index contributed by atoms with van der Waals surface area (Å²) in [5.41, 5.74) is 0. The predicted molar refractivity (Wildman–Crippen MR) is 73.5 cm³/mol. The van der Waals surface area contributed by atoms with Gasteiger partial charge in [-0.15, -0.1) is 0 Å². The van der Waals surface area contributed by atoms with Crippen molar-refractivity contribution in [2.75, 3.05) is 0 Å². The summed E-state index contributed by atoms with van der Waals surface area (Å²) in [5.74, 6) is 4.85. The highest BCUT2D eigenvalue weighted by Crippen LogP contribution is 2.40. The summed E-state index contributed by atoms with van der Waals surface area (Å²) < 4.78 is 0. The lowest BCUT2D eigenvalue weighted by Gasteiger charge is -2.21. The molecule has 1 fully saturated rings. The zero-order valence-corrected chi connectivity index (χ0v) is 12.1. The molecule has 0 heterocycles. The molecule has 1 saturated carbocycles. The first kappa shape index (κ1) is 14.1. The quantitative estimate of drug-likeness (QED) is 0.557. The van der Waals surface area contributed by atoms with Crippen LogP contribution in [0.4, 0.5) is 0 Å². The van der Waals surface area contributed by atoms with Gasteiger partial charge >= 0.3 is 0 Å². The summed E-state index contributed by atoms with van der Waals surface area (Å²) >= 11 is 0. The van der Waals surface area contributed by atoms with Gasteiger partial charge in [0.2, 0.25) is 0 Å². The minimum absolute atomic E-state index is 0.868. The Morgan fingerprint density at radius 2 is 1.75 bits per heavy atom. The maximum absolute atomic E-state index is 2.47. The summed E-state index contributed by atoms with van der Waals surface area (Å²) in [7, 11) is 0. The van der Waals surface area contributed by atoms with Gasteiger partial charge in [-0.2, -0.15) is 0 Å². The third-order valence-electron chi connectivity index (χ3n) is 4.97. The molecule has 0 radical (unpaired) electrons. The lowest BCUT2D eigenvalue weighted by Crippen LogP contribution is -2.11. The van der Waals surface area contributed by atoms with Gasteiger partial charge in [-0.05, 0) is 48.9 Å². The van der Waals surface area contributed by atoms with Crippen molar-refractivity contribution in [1.29, 1.82) is 0 Å². The smallest absolute Gasteiger partial charge is 0.0386 e. The second-order valence-electron chi connectivity index (χ2n) is 6.66. The number of rotatable bonds is 6. The molecule has 0 amide bonds. The van der Waals surface area contributed by atoms with Crippen molar-refractivity contribution in [1.82, 2.24) is 0 Å². The van der Waals surface area contributed by atoms with Crippen molar-refractivity contribution in [2.24, 2.45) is 29.6 Å². The van der Waals surface area contributed by atoms with E-state index in [0.29, 0.717) is 0 Å². The van der Waals surface area contributed by atoms with Gasteiger partial charge in [0, 0.05) is 0 Å². The molecule has 0 bridgehead atoms. The molecule has 1 rings (SSSR count). The van der Waals surface area contributed by atoms with Crippen molar-refractivity contribution in [3.8, 4) is 0 Å². The lowest BCUT2D eigenvalue weighted by atomic mass is 9.84. The average Bonchev–Trinajstić information content (AvgIpc) is 2.66. The third-order valence-corrected chi connectivity index (χ3v) is 4.97. The second kappa shape index (κ2) is 6.67. The summed E-state index contributed by atoms with van der Waals surface area (Å²) in [5, 5.41) is 0. The minimum atomic E-state index is 0.868. The zero-order valence-electron chi connectivity index (χ0n) is 12.1. The van der Waals surface area contributed by atoms with E-state index in [-0.39, 0.29) is 0 Å². The van der Waals surface area contributed by atoms with Gasteiger partial charge in [-0.1, -0.05) is 53.9 Å². The molecule has 3 unspecified atom stereocenters. The second-order valence-corrected chi connectivity index (χ2v) is 6.66. The molecule has 4 atom stereocenters. The third kappa shape index (κ3) is 4.11. The maximum atomic E-state index is 2.47. The van der Waals surface area contributed by atoms with Crippen LogP contribution in [0.5, 0.6) is 0 Å². The first-order valence-electron chi connectivity index (χ1n) is 7.54. The van der Waals surface area contributed by atoms with Crippen LogP contribution in [0, 0.1) is 29.6 Å². The molecule has 0 aromatic rings. The highest BCUT2D eigenvalue weighted by atomic mass is 14.3. The van der Waals surface area contributed by atoms with E-state index >= 15 is 0 Å². The van der Waals surface area contributed by atoms with Crippen LogP contribution < -0.4 is 0 Å². The van der Waals surface area contributed by atoms with Crippen molar-refractivity contribution in [3.05, 3.63) is 0 Å². The van der Waals surface area contributed by atoms with Crippen LogP contribution in [0.2, 0.25) is 0 Å². The van der Waals surface area contributed by atoms with Gasteiger partial charge in [0.15, 0.2) is 0 Å². The van der Waals surface area contributed by atoms with E-state index in [1.807, 2.05) is 0 Å². The maximum Gasteiger partial charge on any atom is -0.0386 e. The zero-order chi connectivity index (χ0) is 12.1. The largest absolute Gasteiger partial charge is 0.0654 e. The molecule has 0 heteroatoms. The van der Waals surface area contributed by atoms with Crippen LogP contribution in [-0.2, 0) is 0 Å². The molecule has 16 heavy (non-hydrogen) atoms. The molecule has 96 valence electrons. The summed E-state index contributed by atoms with van der Waals surface area (Å²) in [6.45, 7) is 12.0. The monoisotopic (exact) mass is 224 g/mol. The van der Waals surface area contributed by atoms with Crippen LogP contribution >= 0.6 is 0 Å². The van der Waals surface area contributed by atoms with E-state index in [4.69, 9.17) is 0 Å². The van der Waals surface area contributed by atoms with Crippen molar-refractivity contribution >= 4 is 0 Å². The summed E-state index contributed by atoms with van der Waals surface area (Å²) in [6.07, 6.45) is 8.83. The van der Waals surface area contributed by atoms with Crippen LogP contribution in [0.15, 0.2) is 0 Å². The number of hydrogen-bond acceptors (Lipinski definition) is 0. The molecule has 1 aliphatic rings. The van der Waals surface area contributed by atoms with E-state index in [2.05, 4.69) is 34.6 Å². The van der Waals surface area contributed by atoms with Gasteiger partial charge in [-0.3, -0.25) is 0 Å². The molecule has 0 spiro atoms. The Morgan fingerprint density at radius 3 is 2.31 bits per heavy atom. The Hall–Kier alpha value is 0. The first-order valence-corrected chi connectivity index (χ1v) is 7.54. The topological polar surface area (TPSA) is 0 Å². The molecular formula is C16H32. The molecular weight excluding hydrogens is 192 g/mol. The van der Waals surface area contributed by atoms with E-state index < -0.39 is 0 Å². The highest BCUT2D eigenvalue weighted by molar-refractivity contribution is 4.80. The van der Waals surface area contributed by atoms with Crippen LogP contribution in [0.1, 0.15) is 73.1 Å². The van der Waals surface area contributed by atoms with E-state index in [1.54, 1.807) is 0 Å². The highest BCUT2D eigenvalue weighted by Gasteiger charge is 2.29. The molecule has 0 aromatic heterocycles. The van der Waals surface area contributed by atoms with Gasteiger partial charge in [0.25, 0.3) is 0 Å². The first-order chi connectivity index (χ1) is 7.54. The molecule has 0 aliphatic heterocycles. The Bertz CT molecular complexity index is 182. The van der Waals surface area contributed by atoms with Crippen molar-refractivity contribution in [3.63, 3.8) is 0 Å². The molecule has 0 nitrogen and oxygen atoms in total. The fraction of sp³-hybridized carbons (Fsp3) is 1.00. The predicted octanol–water partition coefficient (Wildman–Crippen LogP) is 5.52. The van der Waals surface area contributed by atoms with Crippen molar-refractivity contribution in [2.45, 2.75) is 73.1 Å². The summed E-state index contributed by atoms with van der Waals surface area (Å²) in [6, 6.07) is 0. The Kier molecular flexibility index (Phi) is 5.86. The lowest BCUT2D eigenvalue weighted by molar-refractivity contribution is 0.292. The van der Waals surface area contributed by atoms with Gasteiger partial charge in [0.1, 0.15) is 0 Å². The van der Waals surface area contributed by atoms with Crippen LogP contribution in [0.3, 0.4) is 0 Å². The van der Waals surface area contributed by atoms with E-state index in [0.717, 1.165) is 29.6 Å². The normalized spacial score (nSPS) is 29.6. The fourth-order valence-corrected chi connectivity index (χ4v) is 3.33. The Balaban J connectivity index is 2.29. The van der Waals surface area contributed by atoms with Gasteiger partial charge < -0.3 is 0 Å². The summed E-state index contributed by atoms with van der Waals surface area (Å²) in [4.78, 5) is 0. The fourth-order valence-electron chi connectivity index (χ4n) is 3.33. The Morgan fingerprint density at radius 1 is 1.06 bits per heavy atom. The SMILES string of the molecule is CCCC(C)C1CCC(C[C@H](C)C(C)C)C1. The van der Waals surface area contributed by atoms with E-state index in [1.165, 1.54) is 38.5 Å². The molecule has 0 N–H and O–H groups in total. The van der Waals surface area contributed by atoms with Crippen LogP contribution in [-0.4, -0.2) is 0 Å². The standard InChI is InChI=1S/C16H32/c1-6-7-13(4)16-9-8-15(11-16)10-14(5)12(2)3/h12-16H,6-11H2,1-5H3/t13?,14-,15?,16?/m0/s1.